The van der Waals surface area contributed by atoms with Crippen LogP contribution >= 0.6 is 0 Å². The lowest BCUT2D eigenvalue weighted by Gasteiger charge is -2.28. The molecule has 1 aromatic carbocycles. The van der Waals surface area contributed by atoms with E-state index in [1.54, 1.807) is 6.92 Å². The second kappa shape index (κ2) is 8.54. The predicted molar refractivity (Wildman–Crippen MR) is 87.9 cm³/mol. The van der Waals surface area contributed by atoms with E-state index < -0.39 is 38.5 Å². The molecule has 0 fully saturated rings. The molecule has 1 aromatic rings. The zero-order valence-electron chi connectivity index (χ0n) is 13.3. The third kappa shape index (κ3) is 5.25. The molecular formula is C14H19FNO6S2-. The van der Waals surface area contributed by atoms with Gasteiger partial charge in [-0.2, -0.15) is 0 Å². The van der Waals surface area contributed by atoms with Gasteiger partial charge in [-0.15, -0.1) is 0 Å². The van der Waals surface area contributed by atoms with E-state index in [1.165, 1.54) is 6.92 Å². The Balaban J connectivity index is 3.04. The van der Waals surface area contributed by atoms with Gasteiger partial charge in [0.2, 0.25) is 0 Å². The summed E-state index contributed by atoms with van der Waals surface area (Å²) in [7, 11) is -3.26. The summed E-state index contributed by atoms with van der Waals surface area (Å²) in [5, 5.41) is 9.04. The number of carboxylic acids is 1. The maximum absolute atomic E-state index is 13.6. The molecular weight excluding hydrogens is 361 g/mol. The van der Waals surface area contributed by atoms with Gasteiger partial charge in [0.05, 0.1) is 11.4 Å². The van der Waals surface area contributed by atoms with Gasteiger partial charge in [0.15, 0.2) is 0 Å². The number of rotatable bonds is 9. The van der Waals surface area contributed by atoms with Gasteiger partial charge < -0.3 is 14.0 Å². The summed E-state index contributed by atoms with van der Waals surface area (Å²) in [4.78, 5) is 11.1. The topological polar surface area (TPSA) is 115 Å². The second-order valence-electron chi connectivity index (χ2n) is 5.20. The first-order chi connectivity index (χ1) is 11.1. The Kier molecular flexibility index (Phi) is 7.30. The van der Waals surface area contributed by atoms with Crippen LogP contribution in [-0.4, -0.2) is 46.3 Å². The molecule has 10 heteroatoms. The summed E-state index contributed by atoms with van der Waals surface area (Å²) in [5.74, 6) is -2.63. The molecule has 0 amide bonds. The van der Waals surface area contributed by atoms with Crippen LogP contribution in [0.4, 0.5) is 10.1 Å². The number of nitrogens with zero attached hydrogens (tertiary/aromatic N) is 1. The fraction of sp³-hybridized carbons (Fsp3) is 0.500. The summed E-state index contributed by atoms with van der Waals surface area (Å²) in [6.07, 6.45) is 0.522. The van der Waals surface area contributed by atoms with E-state index in [1.807, 2.05) is 0 Å². The van der Waals surface area contributed by atoms with Gasteiger partial charge in [-0.05, 0) is 37.5 Å². The van der Waals surface area contributed by atoms with Gasteiger partial charge in [-0.25, -0.2) is 17.6 Å². The predicted octanol–water partition coefficient (Wildman–Crippen LogP) is 1.65. The minimum Gasteiger partial charge on any atom is -0.755 e. The van der Waals surface area contributed by atoms with Gasteiger partial charge in [0, 0.05) is 23.6 Å². The minimum atomic E-state index is -3.26. The van der Waals surface area contributed by atoms with Crippen LogP contribution in [0.5, 0.6) is 0 Å². The highest BCUT2D eigenvalue weighted by Gasteiger charge is 2.20. The Labute approximate surface area is 142 Å². The minimum absolute atomic E-state index is 0.00928. The number of anilines is 1. The van der Waals surface area contributed by atoms with Crippen molar-refractivity contribution in [3.05, 3.63) is 29.1 Å². The standard InChI is InChI=1S/C14H20FNO6S2/c1-3-8-24(21,22)9-4-7-16(23(19)20)12-6-5-11(15)13(10(12)2)14(17)18/h5-6H,3-4,7-9H2,1-2H3,(H,17,18)(H,19,20)/p-1. The van der Waals surface area contributed by atoms with Crippen LogP contribution in [-0.2, 0) is 21.1 Å². The molecule has 0 aliphatic carbocycles. The van der Waals surface area contributed by atoms with Crippen molar-refractivity contribution in [2.75, 3.05) is 22.4 Å². The SMILES string of the molecule is CCCS(=O)(=O)CCCN(c1ccc(F)c(C(=O)O)c1C)S(=O)[O-]. The van der Waals surface area contributed by atoms with E-state index in [0.717, 1.165) is 16.4 Å². The highest BCUT2D eigenvalue weighted by molar-refractivity contribution is 7.91. The number of carbonyl (C=O) groups is 1. The van der Waals surface area contributed by atoms with Crippen LogP contribution in [0.1, 0.15) is 35.7 Å². The molecule has 0 spiro atoms. The summed E-state index contributed by atoms with van der Waals surface area (Å²) < 4.78 is 60.7. The highest BCUT2D eigenvalue weighted by Crippen LogP contribution is 2.26. The quantitative estimate of drug-likeness (QED) is 0.651. The zero-order chi connectivity index (χ0) is 18.5. The smallest absolute Gasteiger partial charge is 0.339 e. The van der Waals surface area contributed by atoms with Crippen molar-refractivity contribution in [3.63, 3.8) is 0 Å². The fourth-order valence-corrected chi connectivity index (χ4v) is 4.35. The lowest BCUT2D eigenvalue weighted by Crippen LogP contribution is -2.29. The third-order valence-electron chi connectivity index (χ3n) is 3.38. The molecule has 1 unspecified atom stereocenters. The molecule has 0 aliphatic heterocycles. The number of aromatic carboxylic acids is 1. The largest absolute Gasteiger partial charge is 0.755 e. The van der Waals surface area contributed by atoms with Gasteiger partial charge in [-0.1, -0.05) is 6.92 Å². The number of sulfone groups is 1. The molecule has 1 atom stereocenters. The molecule has 24 heavy (non-hydrogen) atoms. The zero-order valence-corrected chi connectivity index (χ0v) is 15.0. The van der Waals surface area contributed by atoms with Crippen LogP contribution in [0, 0.1) is 12.7 Å². The van der Waals surface area contributed by atoms with Crippen molar-refractivity contribution >= 4 is 32.8 Å². The molecule has 7 nitrogen and oxygen atoms in total. The van der Waals surface area contributed by atoms with Crippen LogP contribution in [0.3, 0.4) is 0 Å². The van der Waals surface area contributed by atoms with Crippen LogP contribution in [0.2, 0.25) is 0 Å². The van der Waals surface area contributed by atoms with E-state index in [4.69, 9.17) is 5.11 Å². The van der Waals surface area contributed by atoms with Gasteiger partial charge in [0.25, 0.3) is 0 Å². The van der Waals surface area contributed by atoms with Gasteiger partial charge in [-0.3, -0.25) is 4.21 Å². The molecule has 0 heterocycles. The van der Waals surface area contributed by atoms with Crippen molar-refractivity contribution in [3.8, 4) is 0 Å². The van der Waals surface area contributed by atoms with Crippen LogP contribution in [0.15, 0.2) is 12.1 Å². The molecule has 1 N–H and O–H groups in total. The molecule has 0 aromatic heterocycles. The Morgan fingerprint density at radius 1 is 1.38 bits per heavy atom. The average molecular weight is 380 g/mol. The van der Waals surface area contributed by atoms with E-state index in [0.29, 0.717) is 6.42 Å². The van der Waals surface area contributed by atoms with Gasteiger partial charge >= 0.3 is 5.97 Å². The number of carboxylic acid groups (broad SMARTS) is 1. The lowest BCUT2D eigenvalue weighted by molar-refractivity contribution is 0.0691. The fourth-order valence-electron chi connectivity index (χ4n) is 2.32. The van der Waals surface area contributed by atoms with Crippen LogP contribution in [0.25, 0.3) is 0 Å². The summed E-state index contributed by atoms with van der Waals surface area (Å²) in [5.41, 5.74) is -0.639. The van der Waals surface area contributed by atoms with Crippen molar-refractivity contribution in [1.29, 1.82) is 0 Å². The first-order valence-corrected chi connectivity index (χ1v) is 10.1. The maximum atomic E-state index is 13.6. The highest BCUT2D eigenvalue weighted by atomic mass is 32.2. The third-order valence-corrected chi connectivity index (χ3v) is 6.06. The van der Waals surface area contributed by atoms with E-state index in [2.05, 4.69) is 0 Å². The Bertz CT molecular complexity index is 735. The number of benzene rings is 1. The number of halogens is 1. The molecule has 0 aliphatic rings. The van der Waals surface area contributed by atoms with Crippen LogP contribution < -0.4 is 4.31 Å². The van der Waals surface area contributed by atoms with E-state index in [9.17, 15) is 26.4 Å². The van der Waals surface area contributed by atoms with E-state index >= 15 is 0 Å². The lowest BCUT2D eigenvalue weighted by atomic mass is 10.1. The van der Waals surface area contributed by atoms with Crippen molar-refractivity contribution < 1.29 is 31.5 Å². The number of hydrogen-bond acceptors (Lipinski definition) is 5. The molecule has 0 saturated carbocycles. The Morgan fingerprint density at radius 2 is 2.00 bits per heavy atom. The number of hydrogen-bond donors (Lipinski definition) is 1. The molecule has 0 radical (unpaired) electrons. The van der Waals surface area contributed by atoms with Crippen molar-refractivity contribution in [2.45, 2.75) is 26.7 Å². The van der Waals surface area contributed by atoms with Gasteiger partial charge in [0.1, 0.15) is 21.2 Å². The average Bonchev–Trinajstić information content (AvgIpc) is 2.44. The Morgan fingerprint density at radius 3 is 2.50 bits per heavy atom. The summed E-state index contributed by atoms with van der Waals surface area (Å²) in [6.45, 7) is 2.88. The summed E-state index contributed by atoms with van der Waals surface area (Å²) >= 11 is -2.75. The molecule has 0 bridgehead atoms. The first-order valence-electron chi connectivity index (χ1n) is 7.20. The first kappa shape index (κ1) is 20.5. The monoisotopic (exact) mass is 380 g/mol. The Hall–Kier alpha value is -1.52. The normalized spacial score (nSPS) is 12.8. The molecule has 0 saturated heterocycles. The second-order valence-corrected chi connectivity index (χ2v) is 8.37. The maximum Gasteiger partial charge on any atom is 0.339 e. The molecule has 136 valence electrons. The molecule has 1 rings (SSSR count). The van der Waals surface area contributed by atoms with E-state index in [-0.39, 0.29) is 35.7 Å². The summed E-state index contributed by atoms with van der Waals surface area (Å²) in [6, 6.07) is 2.03. The van der Waals surface area contributed by atoms with Crippen molar-refractivity contribution in [2.24, 2.45) is 0 Å². The van der Waals surface area contributed by atoms with Crippen molar-refractivity contribution in [1.82, 2.24) is 0 Å².